The van der Waals surface area contributed by atoms with Crippen LogP contribution in [0.25, 0.3) is 11.1 Å². The molecule has 0 saturated carbocycles. The van der Waals surface area contributed by atoms with Crippen LogP contribution in [0.1, 0.15) is 18.2 Å². The van der Waals surface area contributed by atoms with Crippen LogP contribution in [0.4, 0.5) is 15.9 Å². The van der Waals surface area contributed by atoms with E-state index in [9.17, 15) is 14.0 Å². The van der Waals surface area contributed by atoms with Crippen LogP contribution in [-0.4, -0.2) is 35.8 Å². The van der Waals surface area contributed by atoms with Gasteiger partial charge in [0, 0.05) is 12.8 Å². The minimum absolute atomic E-state index is 0.123. The second-order valence-corrected chi connectivity index (χ2v) is 7.04. The molecule has 0 radical (unpaired) electrons. The molecule has 2 aromatic carbocycles. The number of amides is 2. The van der Waals surface area contributed by atoms with E-state index in [1.807, 2.05) is 24.3 Å². The lowest BCUT2D eigenvalue weighted by Gasteiger charge is -2.10. The van der Waals surface area contributed by atoms with Crippen LogP contribution >= 0.6 is 0 Å². The summed E-state index contributed by atoms with van der Waals surface area (Å²) in [5, 5.41) is 10.1. The number of ether oxygens (including phenoxy) is 2. The van der Waals surface area contributed by atoms with Crippen molar-refractivity contribution in [2.45, 2.75) is 19.1 Å². The van der Waals surface area contributed by atoms with Gasteiger partial charge in [-0.05, 0) is 42.0 Å². The van der Waals surface area contributed by atoms with E-state index in [-0.39, 0.29) is 24.8 Å². The summed E-state index contributed by atoms with van der Waals surface area (Å²) in [7, 11) is 3.14. The Bertz CT molecular complexity index is 1130. The summed E-state index contributed by atoms with van der Waals surface area (Å²) < 4.78 is 25.2. The summed E-state index contributed by atoms with van der Waals surface area (Å²) in [6.07, 6.45) is -0.123. The van der Waals surface area contributed by atoms with Gasteiger partial charge >= 0.3 is 0 Å². The van der Waals surface area contributed by atoms with Crippen molar-refractivity contribution in [2.75, 3.05) is 24.9 Å². The zero-order valence-electron chi connectivity index (χ0n) is 17.0. The van der Waals surface area contributed by atoms with Gasteiger partial charge in [0.1, 0.15) is 23.4 Å². The van der Waals surface area contributed by atoms with E-state index >= 15 is 0 Å². The van der Waals surface area contributed by atoms with Gasteiger partial charge in [-0.25, -0.2) is 9.07 Å². The molecule has 8 nitrogen and oxygen atoms in total. The molecule has 31 heavy (non-hydrogen) atoms. The van der Waals surface area contributed by atoms with Crippen molar-refractivity contribution in [2.24, 2.45) is 0 Å². The fourth-order valence-corrected chi connectivity index (χ4v) is 3.56. The van der Waals surface area contributed by atoms with E-state index in [0.717, 1.165) is 11.1 Å². The van der Waals surface area contributed by atoms with Crippen LogP contribution in [0, 0.1) is 5.82 Å². The van der Waals surface area contributed by atoms with Crippen molar-refractivity contribution in [1.82, 2.24) is 9.78 Å². The maximum absolute atomic E-state index is 13.1. The topological polar surface area (TPSA) is 94.5 Å². The van der Waals surface area contributed by atoms with Crippen molar-refractivity contribution in [3.63, 3.8) is 0 Å². The number of fused-ring (bicyclic) bond motifs is 1. The Morgan fingerprint density at radius 3 is 2.71 bits per heavy atom. The van der Waals surface area contributed by atoms with Gasteiger partial charge in [-0.15, -0.1) is 0 Å². The van der Waals surface area contributed by atoms with Crippen LogP contribution in [0.5, 0.6) is 5.75 Å². The van der Waals surface area contributed by atoms with Crippen molar-refractivity contribution < 1.29 is 23.5 Å². The molecular formula is C22H21FN4O4. The largest absolute Gasteiger partial charge is 0.497 e. The first kappa shape index (κ1) is 20.5. The molecule has 0 fully saturated rings. The molecule has 0 saturated heterocycles. The molecule has 0 bridgehead atoms. The monoisotopic (exact) mass is 424 g/mol. The highest BCUT2D eigenvalue weighted by atomic mass is 19.1. The molecule has 1 aliphatic rings. The van der Waals surface area contributed by atoms with Crippen molar-refractivity contribution in [3.05, 3.63) is 60.0 Å². The van der Waals surface area contributed by atoms with Gasteiger partial charge in [0.25, 0.3) is 5.91 Å². The number of rotatable bonds is 7. The SMILES string of the molecule is COCc1nn2c(c1-c1cccc(OC)c1)NC(=O)C2CC(=O)Nc1ccc(F)cc1. The number of halogens is 1. The minimum atomic E-state index is -0.814. The van der Waals surface area contributed by atoms with Crippen molar-refractivity contribution >= 4 is 23.3 Å². The predicted molar refractivity (Wildman–Crippen MR) is 112 cm³/mol. The maximum Gasteiger partial charge on any atom is 0.251 e. The van der Waals surface area contributed by atoms with Gasteiger partial charge in [0.15, 0.2) is 0 Å². The molecule has 1 aliphatic heterocycles. The average molecular weight is 424 g/mol. The van der Waals surface area contributed by atoms with E-state index in [4.69, 9.17) is 9.47 Å². The average Bonchev–Trinajstić information content (AvgIpc) is 3.25. The fraction of sp³-hybridized carbons (Fsp3) is 0.227. The van der Waals surface area contributed by atoms with Gasteiger partial charge < -0.3 is 20.1 Å². The Kier molecular flexibility index (Phi) is 5.68. The summed E-state index contributed by atoms with van der Waals surface area (Å²) >= 11 is 0. The Morgan fingerprint density at radius 1 is 1.23 bits per heavy atom. The minimum Gasteiger partial charge on any atom is -0.497 e. The third-order valence-electron chi connectivity index (χ3n) is 4.97. The number of hydrogen-bond donors (Lipinski definition) is 2. The van der Waals surface area contributed by atoms with Crippen molar-refractivity contribution in [1.29, 1.82) is 0 Å². The lowest BCUT2D eigenvalue weighted by atomic mass is 10.1. The van der Waals surface area contributed by atoms with E-state index in [1.54, 1.807) is 14.2 Å². The molecule has 0 aliphatic carbocycles. The zero-order chi connectivity index (χ0) is 22.0. The first-order valence-corrected chi connectivity index (χ1v) is 9.61. The summed E-state index contributed by atoms with van der Waals surface area (Å²) in [4.78, 5) is 25.2. The maximum atomic E-state index is 13.1. The molecule has 1 atom stereocenters. The number of anilines is 2. The molecule has 160 valence electrons. The van der Waals surface area contributed by atoms with E-state index < -0.39 is 11.9 Å². The summed E-state index contributed by atoms with van der Waals surface area (Å²) in [6, 6.07) is 12.0. The van der Waals surface area contributed by atoms with Gasteiger partial charge in [-0.1, -0.05) is 12.1 Å². The van der Waals surface area contributed by atoms with Crippen LogP contribution < -0.4 is 15.4 Å². The molecule has 0 spiro atoms. The van der Waals surface area contributed by atoms with Gasteiger partial charge in [-0.2, -0.15) is 5.10 Å². The quantitative estimate of drug-likeness (QED) is 0.607. The third-order valence-corrected chi connectivity index (χ3v) is 4.97. The summed E-state index contributed by atoms with van der Waals surface area (Å²) in [6.45, 7) is 0.233. The fourth-order valence-electron chi connectivity index (χ4n) is 3.56. The molecule has 1 aromatic heterocycles. The standard InChI is InChI=1S/C22H21FN4O4/c1-30-12-17-20(13-4-3-5-16(10-13)31-2)21-25-22(29)18(27(21)26-17)11-19(28)24-15-8-6-14(23)7-9-15/h3-10,18H,11-12H2,1-2H3,(H,24,28)(H,25,29). The number of benzene rings is 2. The second-order valence-electron chi connectivity index (χ2n) is 7.04. The number of carbonyl (C=O) groups is 2. The molecule has 2 amide bonds. The van der Waals surface area contributed by atoms with Gasteiger partial charge in [0.2, 0.25) is 5.91 Å². The summed E-state index contributed by atoms with van der Waals surface area (Å²) in [5.74, 6) is 0.0616. The predicted octanol–water partition coefficient (Wildman–Crippen LogP) is 3.37. The van der Waals surface area contributed by atoms with E-state index in [0.29, 0.717) is 22.9 Å². The van der Waals surface area contributed by atoms with E-state index in [2.05, 4.69) is 15.7 Å². The molecule has 2 heterocycles. The number of nitrogens with one attached hydrogen (secondary N) is 2. The normalized spacial score (nSPS) is 14.8. The molecule has 9 heteroatoms. The number of nitrogens with zero attached hydrogens (tertiary/aromatic N) is 2. The van der Waals surface area contributed by atoms with Gasteiger partial charge in [0.05, 0.1) is 31.4 Å². The van der Waals surface area contributed by atoms with Crippen LogP contribution in [0.2, 0.25) is 0 Å². The lowest BCUT2D eigenvalue weighted by molar-refractivity contribution is -0.123. The first-order chi connectivity index (χ1) is 15.0. The highest BCUT2D eigenvalue weighted by molar-refractivity contribution is 6.04. The molecular weight excluding hydrogens is 403 g/mol. The third kappa shape index (κ3) is 4.13. The Labute approximate surface area is 178 Å². The Balaban J connectivity index is 1.63. The van der Waals surface area contributed by atoms with Crippen molar-refractivity contribution in [3.8, 4) is 16.9 Å². The van der Waals surface area contributed by atoms with Crippen LogP contribution in [0.15, 0.2) is 48.5 Å². The lowest BCUT2D eigenvalue weighted by Crippen LogP contribution is -2.24. The molecule has 2 N–H and O–H groups in total. The highest BCUT2D eigenvalue weighted by Gasteiger charge is 2.37. The number of carbonyl (C=O) groups excluding carboxylic acids is 2. The second kappa shape index (κ2) is 8.57. The smallest absolute Gasteiger partial charge is 0.251 e. The van der Waals surface area contributed by atoms with Crippen LogP contribution in [0.3, 0.4) is 0 Å². The number of methoxy groups -OCH3 is 2. The Hall–Kier alpha value is -3.72. The number of hydrogen-bond acceptors (Lipinski definition) is 5. The highest BCUT2D eigenvalue weighted by Crippen LogP contribution is 2.39. The first-order valence-electron chi connectivity index (χ1n) is 9.61. The molecule has 1 unspecified atom stereocenters. The number of aromatic nitrogens is 2. The summed E-state index contributed by atoms with van der Waals surface area (Å²) in [5.41, 5.74) is 2.61. The van der Waals surface area contributed by atoms with E-state index in [1.165, 1.54) is 28.9 Å². The van der Waals surface area contributed by atoms with Crippen LogP contribution in [-0.2, 0) is 20.9 Å². The molecule has 3 aromatic rings. The van der Waals surface area contributed by atoms with Gasteiger partial charge in [-0.3, -0.25) is 9.59 Å². The molecule has 4 rings (SSSR count). The zero-order valence-corrected chi connectivity index (χ0v) is 17.0. The Morgan fingerprint density at radius 2 is 2.00 bits per heavy atom.